The molecule has 84 valence electrons. The van der Waals surface area contributed by atoms with E-state index in [0.29, 0.717) is 13.2 Å². The summed E-state index contributed by atoms with van der Waals surface area (Å²) in [6.45, 7) is 10.1. The van der Waals surface area contributed by atoms with E-state index >= 15 is 0 Å². The molecule has 0 aromatic rings. The van der Waals surface area contributed by atoms with Gasteiger partial charge in [-0.3, -0.25) is 0 Å². The predicted octanol–water partition coefficient (Wildman–Crippen LogP) is 3.17. The minimum Gasteiger partial charge on any atom is -0.379 e. The quantitative estimate of drug-likeness (QED) is 0.398. The zero-order valence-electron chi connectivity index (χ0n) is 9.63. The summed E-state index contributed by atoms with van der Waals surface area (Å²) in [5, 5.41) is 0. The van der Waals surface area contributed by atoms with Crippen LogP contribution in [0, 0.1) is 0 Å². The number of unbranched alkanes of at least 4 members (excludes halogenated alkanes) is 2. The number of hydrogen-bond donors (Lipinski definition) is 0. The molecule has 14 heavy (non-hydrogen) atoms. The van der Waals surface area contributed by atoms with Crippen LogP contribution in [0.25, 0.3) is 0 Å². The van der Waals surface area contributed by atoms with Crippen molar-refractivity contribution in [2.75, 3.05) is 19.8 Å². The predicted molar refractivity (Wildman–Crippen MR) is 60.6 cm³/mol. The van der Waals surface area contributed by atoms with Crippen LogP contribution in [0.3, 0.4) is 0 Å². The number of ether oxygens (including phenoxy) is 2. The Balaban J connectivity index is 3.33. The molecule has 2 nitrogen and oxygen atoms in total. The lowest BCUT2D eigenvalue weighted by atomic mass is 10.1. The lowest BCUT2D eigenvalue weighted by Crippen LogP contribution is -2.13. The molecule has 0 amide bonds. The molecule has 0 aliphatic carbocycles. The Morgan fingerprint density at radius 2 is 2.00 bits per heavy atom. The van der Waals surface area contributed by atoms with Gasteiger partial charge in [0.2, 0.25) is 0 Å². The van der Waals surface area contributed by atoms with Gasteiger partial charge in [0.15, 0.2) is 0 Å². The fraction of sp³-hybridized carbons (Fsp3) is 0.833. The van der Waals surface area contributed by atoms with Crippen LogP contribution in [0.4, 0.5) is 0 Å². The van der Waals surface area contributed by atoms with Gasteiger partial charge in [-0.25, -0.2) is 0 Å². The van der Waals surface area contributed by atoms with Crippen LogP contribution in [-0.2, 0) is 9.47 Å². The van der Waals surface area contributed by atoms with Crippen LogP contribution in [0.15, 0.2) is 12.7 Å². The highest BCUT2D eigenvalue weighted by Gasteiger charge is 2.02. The third-order valence-corrected chi connectivity index (χ3v) is 2.12. The summed E-state index contributed by atoms with van der Waals surface area (Å²) in [5.41, 5.74) is 0. The molecule has 0 unspecified atom stereocenters. The molecule has 0 aliphatic rings. The van der Waals surface area contributed by atoms with Crippen molar-refractivity contribution in [1.82, 2.24) is 0 Å². The van der Waals surface area contributed by atoms with E-state index in [1.165, 1.54) is 19.3 Å². The zero-order valence-corrected chi connectivity index (χ0v) is 9.63. The highest BCUT2D eigenvalue weighted by atomic mass is 16.5. The maximum atomic E-state index is 5.60. The van der Waals surface area contributed by atoms with Crippen LogP contribution >= 0.6 is 0 Å². The molecule has 2 heteroatoms. The van der Waals surface area contributed by atoms with E-state index in [-0.39, 0.29) is 6.10 Å². The van der Waals surface area contributed by atoms with Crippen LogP contribution in [0.5, 0.6) is 0 Å². The van der Waals surface area contributed by atoms with Gasteiger partial charge in [-0.1, -0.05) is 32.3 Å². The Kier molecular flexibility index (Phi) is 10.5. The normalized spacial score (nSPS) is 12.7. The first kappa shape index (κ1) is 13.7. The molecular formula is C12H24O2. The standard InChI is InChI=1S/C12H24O2/c1-4-7-8-9-12(5-2)14-11-10-13-6-3/h5,12H,2,4,6-11H2,1,3H3/t12-/m1/s1. The second-order valence-corrected chi connectivity index (χ2v) is 3.34. The largest absolute Gasteiger partial charge is 0.379 e. The van der Waals surface area contributed by atoms with Gasteiger partial charge in [-0.2, -0.15) is 0 Å². The van der Waals surface area contributed by atoms with E-state index in [1.807, 2.05) is 13.0 Å². The van der Waals surface area contributed by atoms with Crippen molar-refractivity contribution < 1.29 is 9.47 Å². The summed E-state index contributed by atoms with van der Waals surface area (Å²) in [6.07, 6.45) is 6.94. The highest BCUT2D eigenvalue weighted by Crippen LogP contribution is 2.07. The van der Waals surface area contributed by atoms with Gasteiger partial charge < -0.3 is 9.47 Å². The van der Waals surface area contributed by atoms with Crippen LogP contribution in [0.1, 0.15) is 39.5 Å². The van der Waals surface area contributed by atoms with E-state index in [4.69, 9.17) is 9.47 Å². The maximum absolute atomic E-state index is 5.60. The first-order valence-corrected chi connectivity index (χ1v) is 5.67. The Labute approximate surface area is 88.3 Å². The average molecular weight is 200 g/mol. The third kappa shape index (κ3) is 8.27. The molecule has 0 saturated heterocycles. The van der Waals surface area contributed by atoms with E-state index in [9.17, 15) is 0 Å². The van der Waals surface area contributed by atoms with E-state index in [1.54, 1.807) is 0 Å². The van der Waals surface area contributed by atoms with Crippen molar-refractivity contribution in [3.05, 3.63) is 12.7 Å². The molecule has 1 atom stereocenters. The van der Waals surface area contributed by atoms with Gasteiger partial charge >= 0.3 is 0 Å². The lowest BCUT2D eigenvalue weighted by molar-refractivity contribution is 0.0232. The van der Waals surface area contributed by atoms with Crippen molar-refractivity contribution in [1.29, 1.82) is 0 Å². The summed E-state index contributed by atoms with van der Waals surface area (Å²) < 4.78 is 10.8. The van der Waals surface area contributed by atoms with Gasteiger partial charge in [0.1, 0.15) is 0 Å². The van der Waals surface area contributed by atoms with E-state index in [2.05, 4.69) is 13.5 Å². The van der Waals surface area contributed by atoms with Crippen molar-refractivity contribution in [3.8, 4) is 0 Å². The van der Waals surface area contributed by atoms with E-state index in [0.717, 1.165) is 13.0 Å². The summed E-state index contributed by atoms with van der Waals surface area (Å²) in [6, 6.07) is 0. The Bertz CT molecular complexity index is 123. The summed E-state index contributed by atoms with van der Waals surface area (Å²) >= 11 is 0. The number of hydrogen-bond acceptors (Lipinski definition) is 2. The fourth-order valence-electron chi connectivity index (χ4n) is 1.27. The fourth-order valence-corrected chi connectivity index (χ4v) is 1.27. The third-order valence-electron chi connectivity index (χ3n) is 2.12. The van der Waals surface area contributed by atoms with Gasteiger partial charge in [0, 0.05) is 6.61 Å². The molecule has 0 spiro atoms. The topological polar surface area (TPSA) is 18.5 Å². The molecule has 0 fully saturated rings. The van der Waals surface area contributed by atoms with Gasteiger partial charge in [-0.15, -0.1) is 6.58 Å². The SMILES string of the molecule is C=C[C@H](CCCCC)OCCOCC. The highest BCUT2D eigenvalue weighted by molar-refractivity contribution is 4.79. The molecule has 0 aromatic heterocycles. The van der Waals surface area contributed by atoms with Crippen LogP contribution in [0.2, 0.25) is 0 Å². The minimum atomic E-state index is 0.210. The minimum absolute atomic E-state index is 0.210. The van der Waals surface area contributed by atoms with Gasteiger partial charge in [0.25, 0.3) is 0 Å². The van der Waals surface area contributed by atoms with Crippen LogP contribution in [-0.4, -0.2) is 25.9 Å². The molecule has 0 aliphatic heterocycles. The maximum Gasteiger partial charge on any atom is 0.0754 e. The average Bonchev–Trinajstić information content (AvgIpc) is 2.22. The van der Waals surface area contributed by atoms with Crippen molar-refractivity contribution in [2.24, 2.45) is 0 Å². The second kappa shape index (κ2) is 10.7. The lowest BCUT2D eigenvalue weighted by Gasteiger charge is -2.13. The molecule has 0 aromatic carbocycles. The smallest absolute Gasteiger partial charge is 0.0754 e. The number of rotatable bonds is 10. The van der Waals surface area contributed by atoms with E-state index < -0.39 is 0 Å². The first-order valence-electron chi connectivity index (χ1n) is 5.67. The van der Waals surface area contributed by atoms with Crippen LogP contribution < -0.4 is 0 Å². The summed E-state index contributed by atoms with van der Waals surface area (Å²) in [4.78, 5) is 0. The summed E-state index contributed by atoms with van der Waals surface area (Å²) in [7, 11) is 0. The van der Waals surface area contributed by atoms with Gasteiger partial charge in [-0.05, 0) is 13.3 Å². The molecule has 0 heterocycles. The summed E-state index contributed by atoms with van der Waals surface area (Å²) in [5.74, 6) is 0. The molecule has 0 saturated carbocycles. The van der Waals surface area contributed by atoms with Crippen molar-refractivity contribution in [2.45, 2.75) is 45.6 Å². The molecule has 0 N–H and O–H groups in total. The Morgan fingerprint density at radius 1 is 1.21 bits per heavy atom. The molecule has 0 bridgehead atoms. The van der Waals surface area contributed by atoms with Crippen molar-refractivity contribution in [3.63, 3.8) is 0 Å². The Morgan fingerprint density at radius 3 is 2.57 bits per heavy atom. The van der Waals surface area contributed by atoms with Gasteiger partial charge in [0.05, 0.1) is 19.3 Å². The molecular weight excluding hydrogens is 176 g/mol. The molecule has 0 radical (unpaired) electrons. The monoisotopic (exact) mass is 200 g/mol. The Hall–Kier alpha value is -0.340. The molecule has 0 rings (SSSR count). The second-order valence-electron chi connectivity index (χ2n) is 3.34. The first-order chi connectivity index (χ1) is 6.85. The zero-order chi connectivity index (χ0) is 10.6. The van der Waals surface area contributed by atoms with Crippen molar-refractivity contribution >= 4 is 0 Å².